The number of hydrogen-bond donors (Lipinski definition) is 1. The number of aliphatic carboxylic acids is 1. The Kier molecular flexibility index (Phi) is 5.43. The first-order chi connectivity index (χ1) is 7.95. The Morgan fingerprint density at radius 1 is 1.53 bits per heavy atom. The normalized spacial score (nSPS) is 14.9. The third-order valence-corrected chi connectivity index (χ3v) is 4.29. The summed E-state index contributed by atoms with van der Waals surface area (Å²) in [7, 11) is 0. The molecule has 0 aliphatic heterocycles. The molecule has 1 N–H and O–H groups in total. The maximum atomic E-state index is 10.9. The van der Waals surface area contributed by atoms with Crippen molar-refractivity contribution in [1.29, 1.82) is 0 Å². The predicted octanol–water partition coefficient (Wildman–Crippen LogP) is 3.51. The number of carboxylic acid groups (broad SMARTS) is 1. The molecule has 2 unspecified atom stereocenters. The van der Waals surface area contributed by atoms with Crippen molar-refractivity contribution in [3.8, 4) is 0 Å². The number of carboxylic acids is 1. The van der Waals surface area contributed by atoms with E-state index in [4.69, 9.17) is 16.7 Å². The van der Waals surface area contributed by atoms with Gasteiger partial charge in [-0.15, -0.1) is 11.3 Å². The maximum absolute atomic E-state index is 10.9. The quantitative estimate of drug-likeness (QED) is 0.864. The molecule has 2 atom stereocenters. The van der Waals surface area contributed by atoms with Crippen molar-refractivity contribution in [3.63, 3.8) is 0 Å². The molecule has 0 bridgehead atoms. The highest BCUT2D eigenvalue weighted by molar-refractivity contribution is 7.16. The second-order valence-corrected chi connectivity index (χ2v) is 5.89. The summed E-state index contributed by atoms with van der Waals surface area (Å²) in [5.41, 5.74) is 0. The molecular weight excluding hydrogens is 258 g/mol. The number of rotatable bonds is 6. The minimum atomic E-state index is -0.750. The largest absolute Gasteiger partial charge is 0.481 e. The zero-order valence-corrected chi connectivity index (χ0v) is 11.9. The number of halogens is 1. The van der Waals surface area contributed by atoms with Gasteiger partial charge in [0, 0.05) is 17.5 Å². The van der Waals surface area contributed by atoms with Crippen LogP contribution in [0.15, 0.2) is 12.1 Å². The van der Waals surface area contributed by atoms with Crippen LogP contribution in [0, 0.1) is 5.92 Å². The van der Waals surface area contributed by atoms with Gasteiger partial charge in [-0.05, 0) is 25.6 Å². The summed E-state index contributed by atoms with van der Waals surface area (Å²) >= 11 is 7.47. The molecule has 0 amide bonds. The van der Waals surface area contributed by atoms with Gasteiger partial charge in [-0.25, -0.2) is 0 Å². The van der Waals surface area contributed by atoms with E-state index in [-0.39, 0.29) is 12.0 Å². The van der Waals surface area contributed by atoms with Gasteiger partial charge >= 0.3 is 5.97 Å². The van der Waals surface area contributed by atoms with E-state index in [9.17, 15) is 4.79 Å². The van der Waals surface area contributed by atoms with E-state index in [0.717, 1.165) is 10.9 Å². The van der Waals surface area contributed by atoms with Crippen LogP contribution in [0.5, 0.6) is 0 Å². The van der Waals surface area contributed by atoms with Crippen molar-refractivity contribution < 1.29 is 9.90 Å². The topological polar surface area (TPSA) is 40.5 Å². The molecule has 0 fully saturated rings. The molecule has 17 heavy (non-hydrogen) atoms. The first kappa shape index (κ1) is 14.5. The number of carbonyl (C=O) groups is 1. The van der Waals surface area contributed by atoms with Gasteiger partial charge in [-0.3, -0.25) is 9.69 Å². The zero-order chi connectivity index (χ0) is 13.0. The lowest BCUT2D eigenvalue weighted by molar-refractivity contribution is -0.141. The molecule has 0 saturated carbocycles. The molecule has 1 aromatic rings. The molecule has 96 valence electrons. The molecule has 1 aromatic heterocycles. The van der Waals surface area contributed by atoms with E-state index in [1.807, 2.05) is 19.1 Å². The van der Waals surface area contributed by atoms with Crippen LogP contribution in [0.2, 0.25) is 4.34 Å². The van der Waals surface area contributed by atoms with Gasteiger partial charge in [0.2, 0.25) is 0 Å². The Morgan fingerprint density at radius 3 is 2.59 bits per heavy atom. The Labute approximate surface area is 111 Å². The summed E-state index contributed by atoms with van der Waals surface area (Å²) in [6, 6.07) is 4.09. The Bertz CT molecular complexity index is 380. The molecule has 0 saturated heterocycles. The van der Waals surface area contributed by atoms with Crippen molar-refractivity contribution in [1.82, 2.24) is 4.90 Å². The SMILES string of the molecule is CCN(CC(C)C(=O)O)C(C)c1ccc(Cl)s1. The second-order valence-electron chi connectivity index (χ2n) is 4.14. The second kappa shape index (κ2) is 6.38. The summed E-state index contributed by atoms with van der Waals surface area (Å²) in [5.74, 6) is -1.10. The minimum Gasteiger partial charge on any atom is -0.481 e. The third-order valence-electron chi connectivity index (χ3n) is 2.89. The van der Waals surface area contributed by atoms with Crippen molar-refractivity contribution in [2.45, 2.75) is 26.8 Å². The van der Waals surface area contributed by atoms with Gasteiger partial charge in [0.25, 0.3) is 0 Å². The van der Waals surface area contributed by atoms with E-state index < -0.39 is 5.97 Å². The van der Waals surface area contributed by atoms with Crippen LogP contribution in [-0.4, -0.2) is 29.1 Å². The number of thiophene rings is 1. The molecule has 0 aliphatic carbocycles. The smallest absolute Gasteiger partial charge is 0.307 e. The Balaban J connectivity index is 2.70. The zero-order valence-electron chi connectivity index (χ0n) is 10.3. The van der Waals surface area contributed by atoms with Crippen molar-refractivity contribution in [2.75, 3.05) is 13.1 Å². The lowest BCUT2D eigenvalue weighted by atomic mass is 10.1. The number of hydrogen-bond acceptors (Lipinski definition) is 3. The van der Waals surface area contributed by atoms with Crippen molar-refractivity contribution in [3.05, 3.63) is 21.3 Å². The Hall–Kier alpha value is -0.580. The van der Waals surface area contributed by atoms with Crippen LogP contribution in [0.25, 0.3) is 0 Å². The third kappa shape index (κ3) is 3.98. The minimum absolute atomic E-state index is 0.208. The van der Waals surface area contributed by atoms with Crippen LogP contribution in [0.1, 0.15) is 31.7 Å². The molecule has 0 aromatic carbocycles. The fraction of sp³-hybridized carbons (Fsp3) is 0.583. The van der Waals surface area contributed by atoms with Crippen LogP contribution < -0.4 is 0 Å². The molecule has 5 heteroatoms. The maximum Gasteiger partial charge on any atom is 0.307 e. The van der Waals surface area contributed by atoms with E-state index in [0.29, 0.717) is 6.54 Å². The van der Waals surface area contributed by atoms with E-state index in [1.54, 1.807) is 18.3 Å². The summed E-state index contributed by atoms with van der Waals surface area (Å²) < 4.78 is 0.772. The van der Waals surface area contributed by atoms with Gasteiger partial charge in [0.05, 0.1) is 10.3 Å². The highest BCUT2D eigenvalue weighted by Gasteiger charge is 2.21. The lowest BCUT2D eigenvalue weighted by Gasteiger charge is -2.28. The summed E-state index contributed by atoms with van der Waals surface area (Å²) in [4.78, 5) is 14.2. The highest BCUT2D eigenvalue weighted by atomic mass is 35.5. The first-order valence-electron chi connectivity index (χ1n) is 5.67. The van der Waals surface area contributed by atoms with Gasteiger partial charge < -0.3 is 5.11 Å². The van der Waals surface area contributed by atoms with Crippen molar-refractivity contribution in [2.24, 2.45) is 5.92 Å². The van der Waals surface area contributed by atoms with Gasteiger partial charge in [0.15, 0.2) is 0 Å². The van der Waals surface area contributed by atoms with E-state index in [2.05, 4.69) is 11.8 Å². The van der Waals surface area contributed by atoms with E-state index in [1.165, 1.54) is 4.88 Å². The van der Waals surface area contributed by atoms with Gasteiger partial charge in [0.1, 0.15) is 0 Å². The highest BCUT2D eigenvalue weighted by Crippen LogP contribution is 2.30. The summed E-state index contributed by atoms with van der Waals surface area (Å²) in [5, 5.41) is 8.94. The number of nitrogens with zero attached hydrogens (tertiary/aromatic N) is 1. The summed E-state index contributed by atoms with van der Waals surface area (Å²) in [6.07, 6.45) is 0. The summed E-state index contributed by atoms with van der Waals surface area (Å²) in [6.45, 7) is 7.25. The standard InChI is InChI=1S/C12H18ClNO2S/c1-4-14(7-8(2)12(15)16)9(3)10-5-6-11(13)17-10/h5-6,8-9H,4,7H2,1-3H3,(H,15,16). The fourth-order valence-electron chi connectivity index (χ4n) is 1.72. The van der Waals surface area contributed by atoms with Crippen LogP contribution in [0.4, 0.5) is 0 Å². The van der Waals surface area contributed by atoms with Gasteiger partial charge in [-0.1, -0.05) is 25.4 Å². The van der Waals surface area contributed by atoms with Crippen LogP contribution in [0.3, 0.4) is 0 Å². The van der Waals surface area contributed by atoms with Crippen LogP contribution in [-0.2, 0) is 4.79 Å². The fourth-order valence-corrected chi connectivity index (χ4v) is 2.87. The predicted molar refractivity (Wildman–Crippen MR) is 71.8 cm³/mol. The molecule has 3 nitrogen and oxygen atoms in total. The molecule has 0 spiro atoms. The van der Waals surface area contributed by atoms with Crippen LogP contribution >= 0.6 is 22.9 Å². The van der Waals surface area contributed by atoms with Crippen molar-refractivity contribution >= 4 is 28.9 Å². The molecule has 1 heterocycles. The lowest BCUT2D eigenvalue weighted by Crippen LogP contribution is -2.33. The Morgan fingerprint density at radius 2 is 2.18 bits per heavy atom. The van der Waals surface area contributed by atoms with E-state index >= 15 is 0 Å². The monoisotopic (exact) mass is 275 g/mol. The van der Waals surface area contributed by atoms with Gasteiger partial charge in [-0.2, -0.15) is 0 Å². The molecule has 0 radical (unpaired) electrons. The average Bonchev–Trinajstić information content (AvgIpc) is 2.71. The molecule has 1 rings (SSSR count). The first-order valence-corrected chi connectivity index (χ1v) is 6.87. The average molecular weight is 276 g/mol. The molecule has 0 aliphatic rings. The molecular formula is C12H18ClNO2S.